The van der Waals surface area contributed by atoms with Crippen molar-refractivity contribution in [1.82, 2.24) is 10.3 Å². The summed E-state index contributed by atoms with van der Waals surface area (Å²) in [6.07, 6.45) is 0.158. The molecule has 2 rings (SSSR count). The molecule has 0 amide bonds. The Kier molecular flexibility index (Phi) is 5.15. The van der Waals surface area contributed by atoms with Gasteiger partial charge in [-0.05, 0) is 38.1 Å². The summed E-state index contributed by atoms with van der Waals surface area (Å²) in [7, 11) is 0. The molecule has 4 heteroatoms. The van der Waals surface area contributed by atoms with E-state index in [9.17, 15) is 0 Å². The van der Waals surface area contributed by atoms with Crippen molar-refractivity contribution in [3.63, 3.8) is 0 Å². The Morgan fingerprint density at radius 2 is 1.90 bits per heavy atom. The minimum atomic E-state index is 0.158. The van der Waals surface area contributed by atoms with Gasteiger partial charge in [0.15, 0.2) is 0 Å². The Hall–Kier alpha value is -1.39. The molecule has 1 heterocycles. The van der Waals surface area contributed by atoms with Gasteiger partial charge < -0.3 is 10.1 Å². The second-order valence-electron chi connectivity index (χ2n) is 5.31. The number of thiazole rings is 1. The van der Waals surface area contributed by atoms with Crippen molar-refractivity contribution in [2.75, 3.05) is 6.54 Å². The molecular formula is C16H22N2OS. The number of nitrogens with zero attached hydrogens (tertiary/aromatic N) is 1. The summed E-state index contributed by atoms with van der Waals surface area (Å²) in [5, 5.41) is 6.50. The normalized spacial score (nSPS) is 12.7. The van der Waals surface area contributed by atoms with Gasteiger partial charge in [0, 0.05) is 29.2 Å². The van der Waals surface area contributed by atoms with Gasteiger partial charge in [-0.2, -0.15) is 0 Å². The summed E-state index contributed by atoms with van der Waals surface area (Å²) in [4.78, 5) is 4.49. The molecule has 1 aromatic heterocycles. The molecule has 0 aliphatic carbocycles. The maximum atomic E-state index is 5.88. The van der Waals surface area contributed by atoms with E-state index in [0.717, 1.165) is 28.6 Å². The van der Waals surface area contributed by atoms with Gasteiger partial charge in [-0.3, -0.25) is 0 Å². The highest BCUT2D eigenvalue weighted by Crippen LogP contribution is 2.25. The van der Waals surface area contributed by atoms with E-state index in [2.05, 4.69) is 48.6 Å². The highest BCUT2D eigenvalue weighted by Gasteiger charge is 2.06. The maximum absolute atomic E-state index is 5.88. The first-order valence-electron chi connectivity index (χ1n) is 6.97. The molecule has 0 aliphatic heterocycles. The third-order valence-electron chi connectivity index (χ3n) is 2.87. The summed E-state index contributed by atoms with van der Waals surface area (Å²) in [5.41, 5.74) is 2.21. The molecule has 0 radical (unpaired) electrons. The van der Waals surface area contributed by atoms with Gasteiger partial charge in [-0.1, -0.05) is 13.8 Å². The third kappa shape index (κ3) is 4.32. The predicted molar refractivity (Wildman–Crippen MR) is 85.5 cm³/mol. The van der Waals surface area contributed by atoms with Crippen LogP contribution in [0.2, 0.25) is 0 Å². The lowest BCUT2D eigenvalue weighted by molar-refractivity contribution is 0.213. The quantitative estimate of drug-likeness (QED) is 0.876. The molecule has 0 saturated carbocycles. The topological polar surface area (TPSA) is 34.1 Å². The van der Waals surface area contributed by atoms with E-state index in [0.29, 0.717) is 6.04 Å². The van der Waals surface area contributed by atoms with Gasteiger partial charge >= 0.3 is 0 Å². The van der Waals surface area contributed by atoms with Gasteiger partial charge in [-0.25, -0.2) is 4.98 Å². The highest BCUT2D eigenvalue weighted by atomic mass is 32.1. The van der Waals surface area contributed by atoms with E-state index in [1.807, 2.05) is 19.1 Å². The molecular weight excluding hydrogens is 268 g/mol. The van der Waals surface area contributed by atoms with Crippen LogP contribution in [-0.2, 0) is 0 Å². The summed E-state index contributed by atoms with van der Waals surface area (Å²) in [6.45, 7) is 9.22. The maximum Gasteiger partial charge on any atom is 0.123 e. The molecule has 1 unspecified atom stereocenters. The van der Waals surface area contributed by atoms with Crippen LogP contribution in [0.4, 0.5) is 0 Å². The highest BCUT2D eigenvalue weighted by molar-refractivity contribution is 7.13. The van der Waals surface area contributed by atoms with Crippen LogP contribution in [0.3, 0.4) is 0 Å². The van der Waals surface area contributed by atoms with Crippen molar-refractivity contribution in [2.24, 2.45) is 0 Å². The first kappa shape index (κ1) is 15.0. The third-order valence-corrected chi connectivity index (χ3v) is 3.88. The molecule has 0 spiro atoms. The van der Waals surface area contributed by atoms with Crippen LogP contribution in [0.25, 0.3) is 10.6 Å². The van der Waals surface area contributed by atoms with Gasteiger partial charge in [0.25, 0.3) is 0 Å². The second-order valence-corrected chi connectivity index (χ2v) is 6.17. The molecule has 3 nitrogen and oxygen atoms in total. The Balaban J connectivity index is 1.94. The zero-order valence-electron chi connectivity index (χ0n) is 12.5. The number of benzene rings is 1. The lowest BCUT2D eigenvalue weighted by Gasteiger charge is -2.17. The zero-order chi connectivity index (χ0) is 14.5. The SMILES string of the molecule is Cc1csc(-c2ccc(OC(C)CNC(C)C)cc2)n1. The summed E-state index contributed by atoms with van der Waals surface area (Å²) < 4.78 is 5.88. The van der Waals surface area contributed by atoms with Crippen molar-refractivity contribution in [3.8, 4) is 16.3 Å². The smallest absolute Gasteiger partial charge is 0.123 e. The van der Waals surface area contributed by atoms with Crippen LogP contribution in [0.5, 0.6) is 5.75 Å². The number of ether oxygens (including phenoxy) is 1. The zero-order valence-corrected chi connectivity index (χ0v) is 13.3. The van der Waals surface area contributed by atoms with Crippen LogP contribution in [-0.4, -0.2) is 23.7 Å². The van der Waals surface area contributed by atoms with E-state index >= 15 is 0 Å². The van der Waals surface area contributed by atoms with Gasteiger partial charge in [-0.15, -0.1) is 11.3 Å². The number of hydrogen-bond donors (Lipinski definition) is 1. The van der Waals surface area contributed by atoms with E-state index in [4.69, 9.17) is 4.74 Å². The fraction of sp³-hybridized carbons (Fsp3) is 0.438. The monoisotopic (exact) mass is 290 g/mol. The predicted octanol–water partition coefficient (Wildman–Crippen LogP) is 3.88. The number of nitrogens with one attached hydrogen (secondary N) is 1. The Morgan fingerprint density at radius 3 is 2.45 bits per heavy atom. The second kappa shape index (κ2) is 6.86. The first-order valence-corrected chi connectivity index (χ1v) is 7.85. The van der Waals surface area contributed by atoms with Crippen molar-refractivity contribution in [1.29, 1.82) is 0 Å². The van der Waals surface area contributed by atoms with Crippen molar-refractivity contribution >= 4 is 11.3 Å². The van der Waals surface area contributed by atoms with Crippen LogP contribution in [0.1, 0.15) is 26.5 Å². The average molecular weight is 290 g/mol. The Bertz CT molecular complexity index is 534. The largest absolute Gasteiger partial charge is 0.489 e. The molecule has 2 aromatic rings. The summed E-state index contributed by atoms with van der Waals surface area (Å²) in [6, 6.07) is 8.64. The fourth-order valence-corrected chi connectivity index (χ4v) is 2.64. The number of aromatic nitrogens is 1. The summed E-state index contributed by atoms with van der Waals surface area (Å²) >= 11 is 1.67. The number of aryl methyl sites for hydroxylation is 1. The molecule has 0 fully saturated rings. The minimum absolute atomic E-state index is 0.158. The molecule has 0 aliphatic rings. The average Bonchev–Trinajstić information content (AvgIpc) is 2.84. The van der Waals surface area contributed by atoms with Gasteiger partial charge in [0.2, 0.25) is 0 Å². The van der Waals surface area contributed by atoms with Crippen molar-refractivity contribution in [3.05, 3.63) is 35.3 Å². The molecule has 1 N–H and O–H groups in total. The van der Waals surface area contributed by atoms with Gasteiger partial charge in [0.05, 0.1) is 0 Å². The fourth-order valence-electron chi connectivity index (χ4n) is 1.84. The molecule has 0 saturated heterocycles. The molecule has 108 valence electrons. The van der Waals surface area contributed by atoms with Crippen molar-refractivity contribution < 1.29 is 4.74 Å². The van der Waals surface area contributed by atoms with Crippen LogP contribution >= 0.6 is 11.3 Å². The van der Waals surface area contributed by atoms with Crippen LogP contribution in [0.15, 0.2) is 29.6 Å². The van der Waals surface area contributed by atoms with E-state index < -0.39 is 0 Å². The first-order chi connectivity index (χ1) is 9.54. The lowest BCUT2D eigenvalue weighted by atomic mass is 10.2. The van der Waals surface area contributed by atoms with Gasteiger partial charge in [0.1, 0.15) is 16.9 Å². The van der Waals surface area contributed by atoms with Crippen molar-refractivity contribution in [2.45, 2.75) is 39.8 Å². The standard InChI is InChI=1S/C16H22N2OS/c1-11(2)17-9-13(4)19-15-7-5-14(6-8-15)16-18-12(3)10-20-16/h5-8,10-11,13,17H,9H2,1-4H3. The number of rotatable bonds is 6. The van der Waals surface area contributed by atoms with E-state index in [1.165, 1.54) is 0 Å². The van der Waals surface area contributed by atoms with Crippen LogP contribution < -0.4 is 10.1 Å². The molecule has 0 bridgehead atoms. The van der Waals surface area contributed by atoms with E-state index in [-0.39, 0.29) is 6.10 Å². The molecule has 20 heavy (non-hydrogen) atoms. The Morgan fingerprint density at radius 1 is 1.20 bits per heavy atom. The Labute approximate surface area is 125 Å². The molecule has 1 aromatic carbocycles. The minimum Gasteiger partial charge on any atom is -0.489 e. The van der Waals surface area contributed by atoms with Crippen LogP contribution in [0, 0.1) is 6.92 Å². The van der Waals surface area contributed by atoms with E-state index in [1.54, 1.807) is 11.3 Å². The molecule has 1 atom stereocenters. The lowest BCUT2D eigenvalue weighted by Crippen LogP contribution is -2.33. The number of hydrogen-bond acceptors (Lipinski definition) is 4. The summed E-state index contributed by atoms with van der Waals surface area (Å²) in [5.74, 6) is 0.903.